The van der Waals surface area contributed by atoms with E-state index in [2.05, 4.69) is 10.5 Å². The van der Waals surface area contributed by atoms with Crippen molar-refractivity contribution in [2.75, 3.05) is 7.11 Å². The van der Waals surface area contributed by atoms with Gasteiger partial charge in [-0.1, -0.05) is 23.7 Å². The van der Waals surface area contributed by atoms with Crippen LogP contribution in [-0.4, -0.2) is 25.2 Å². The first-order valence-corrected chi connectivity index (χ1v) is 7.33. The topological polar surface area (TPSA) is 77.0 Å². The third kappa shape index (κ3) is 4.57. The molecule has 2 aromatic carbocycles. The van der Waals surface area contributed by atoms with Crippen LogP contribution in [0.25, 0.3) is 0 Å². The Labute approximate surface area is 144 Å². The zero-order chi connectivity index (χ0) is 17.5. The summed E-state index contributed by atoms with van der Waals surface area (Å²) in [7, 11) is 1.46. The van der Waals surface area contributed by atoms with Gasteiger partial charge in [0.1, 0.15) is 0 Å². The van der Waals surface area contributed by atoms with Crippen molar-refractivity contribution in [1.82, 2.24) is 5.43 Å². The fraction of sp³-hybridized carbons (Fsp3) is 0.118. The van der Waals surface area contributed by atoms with Gasteiger partial charge in [-0.15, -0.1) is 0 Å². The predicted octanol–water partition coefficient (Wildman–Crippen LogP) is 3.04. The lowest BCUT2D eigenvalue weighted by molar-refractivity contribution is -0.118. The standard InChI is InChI=1S/C17H15ClN2O4/c1-11(21)20-19-10-12-7-8-15(16(9-12)23-2)24-17(22)13-5-3-4-6-14(13)18/h3-10H,1-2H3,(H,20,21)/b19-10-. The van der Waals surface area contributed by atoms with Crippen molar-refractivity contribution in [2.45, 2.75) is 6.92 Å². The molecule has 1 amide bonds. The highest BCUT2D eigenvalue weighted by molar-refractivity contribution is 6.33. The van der Waals surface area contributed by atoms with Crippen LogP contribution in [0.5, 0.6) is 11.5 Å². The first-order valence-electron chi connectivity index (χ1n) is 6.95. The number of rotatable bonds is 5. The van der Waals surface area contributed by atoms with Crippen LogP contribution in [-0.2, 0) is 4.79 Å². The summed E-state index contributed by atoms with van der Waals surface area (Å²) in [4.78, 5) is 23.0. The number of hydrogen-bond donors (Lipinski definition) is 1. The first-order chi connectivity index (χ1) is 11.5. The second-order valence-electron chi connectivity index (χ2n) is 4.71. The Kier molecular flexibility index (Phi) is 5.92. The maximum absolute atomic E-state index is 12.2. The van der Waals surface area contributed by atoms with Gasteiger partial charge in [-0.3, -0.25) is 4.79 Å². The van der Waals surface area contributed by atoms with Gasteiger partial charge >= 0.3 is 5.97 Å². The van der Waals surface area contributed by atoms with E-state index in [1.54, 1.807) is 42.5 Å². The number of ether oxygens (including phenoxy) is 2. The number of hydrazone groups is 1. The highest BCUT2D eigenvalue weighted by atomic mass is 35.5. The van der Waals surface area contributed by atoms with Crippen LogP contribution in [0.2, 0.25) is 5.02 Å². The van der Waals surface area contributed by atoms with Crippen LogP contribution in [0.15, 0.2) is 47.6 Å². The summed E-state index contributed by atoms with van der Waals surface area (Å²) in [5, 5.41) is 4.07. The second-order valence-corrected chi connectivity index (χ2v) is 5.11. The molecule has 6 nitrogen and oxygen atoms in total. The van der Waals surface area contributed by atoms with E-state index in [1.165, 1.54) is 20.2 Å². The largest absolute Gasteiger partial charge is 0.493 e. The van der Waals surface area contributed by atoms with E-state index in [9.17, 15) is 9.59 Å². The third-order valence-electron chi connectivity index (χ3n) is 2.92. The lowest BCUT2D eigenvalue weighted by Gasteiger charge is -2.10. The van der Waals surface area contributed by atoms with E-state index < -0.39 is 5.97 Å². The molecular weight excluding hydrogens is 332 g/mol. The van der Waals surface area contributed by atoms with Crippen LogP contribution in [0.1, 0.15) is 22.8 Å². The number of methoxy groups -OCH3 is 1. The zero-order valence-corrected chi connectivity index (χ0v) is 13.8. The minimum Gasteiger partial charge on any atom is -0.493 e. The molecule has 0 atom stereocenters. The van der Waals surface area contributed by atoms with Crippen LogP contribution >= 0.6 is 11.6 Å². The molecule has 0 radical (unpaired) electrons. The van der Waals surface area contributed by atoms with E-state index in [1.807, 2.05) is 0 Å². The molecule has 1 N–H and O–H groups in total. The fourth-order valence-corrected chi connectivity index (χ4v) is 2.04. The van der Waals surface area contributed by atoms with Gasteiger partial charge in [0.15, 0.2) is 11.5 Å². The Hall–Kier alpha value is -2.86. The Morgan fingerprint density at radius 1 is 1.17 bits per heavy atom. The molecule has 0 fully saturated rings. The van der Waals surface area contributed by atoms with Crippen LogP contribution in [0, 0.1) is 0 Å². The van der Waals surface area contributed by atoms with Crippen LogP contribution < -0.4 is 14.9 Å². The Morgan fingerprint density at radius 3 is 2.58 bits per heavy atom. The number of carbonyl (C=O) groups excluding carboxylic acids is 2. The fourth-order valence-electron chi connectivity index (χ4n) is 1.83. The average molecular weight is 347 g/mol. The summed E-state index contributed by atoms with van der Waals surface area (Å²) in [6, 6.07) is 11.5. The van der Waals surface area contributed by atoms with E-state index in [0.29, 0.717) is 16.3 Å². The molecule has 0 unspecified atom stereocenters. The zero-order valence-electron chi connectivity index (χ0n) is 13.1. The molecule has 0 aliphatic heterocycles. The van der Waals surface area contributed by atoms with Gasteiger partial charge in [0.2, 0.25) is 5.91 Å². The van der Waals surface area contributed by atoms with Crippen molar-refractivity contribution in [3.8, 4) is 11.5 Å². The summed E-state index contributed by atoms with van der Waals surface area (Å²) in [5.41, 5.74) is 3.22. The van der Waals surface area contributed by atoms with E-state index in [-0.39, 0.29) is 17.2 Å². The number of nitrogens with zero attached hydrogens (tertiary/aromatic N) is 1. The summed E-state index contributed by atoms with van der Waals surface area (Å²) in [6.07, 6.45) is 1.45. The first kappa shape index (κ1) is 17.5. The lowest BCUT2D eigenvalue weighted by Crippen LogP contribution is -2.12. The van der Waals surface area contributed by atoms with Gasteiger partial charge in [-0.05, 0) is 35.9 Å². The minimum absolute atomic E-state index is 0.249. The SMILES string of the molecule is COc1cc(/C=N\NC(C)=O)ccc1OC(=O)c1ccccc1Cl. The molecule has 0 aliphatic rings. The molecule has 2 rings (SSSR count). The normalized spacial score (nSPS) is 10.5. The van der Waals surface area contributed by atoms with Gasteiger partial charge in [0.25, 0.3) is 0 Å². The number of esters is 1. The van der Waals surface area contributed by atoms with Crippen LogP contribution in [0.3, 0.4) is 0 Å². The molecule has 0 bridgehead atoms. The summed E-state index contributed by atoms with van der Waals surface area (Å²) >= 11 is 5.98. The Bertz CT molecular complexity index is 790. The molecular formula is C17H15ClN2O4. The third-order valence-corrected chi connectivity index (χ3v) is 3.25. The molecule has 0 saturated carbocycles. The molecule has 0 saturated heterocycles. The monoisotopic (exact) mass is 346 g/mol. The van der Waals surface area contributed by atoms with Crippen molar-refractivity contribution in [3.63, 3.8) is 0 Å². The molecule has 7 heteroatoms. The lowest BCUT2D eigenvalue weighted by atomic mass is 10.2. The van der Waals surface area contributed by atoms with E-state index in [4.69, 9.17) is 21.1 Å². The van der Waals surface area contributed by atoms with Gasteiger partial charge in [-0.2, -0.15) is 5.10 Å². The number of hydrogen-bond acceptors (Lipinski definition) is 5. The van der Waals surface area contributed by atoms with Crippen molar-refractivity contribution in [3.05, 3.63) is 58.6 Å². The predicted molar refractivity (Wildman–Crippen MR) is 90.8 cm³/mol. The summed E-state index contributed by atoms with van der Waals surface area (Å²) < 4.78 is 10.6. The number of halogens is 1. The molecule has 24 heavy (non-hydrogen) atoms. The van der Waals surface area contributed by atoms with Crippen molar-refractivity contribution in [2.24, 2.45) is 5.10 Å². The van der Waals surface area contributed by atoms with Gasteiger partial charge in [0, 0.05) is 6.92 Å². The number of amides is 1. The van der Waals surface area contributed by atoms with Gasteiger partial charge < -0.3 is 9.47 Å². The molecule has 0 spiro atoms. The minimum atomic E-state index is -0.585. The quantitative estimate of drug-likeness (QED) is 0.391. The maximum Gasteiger partial charge on any atom is 0.345 e. The van der Waals surface area contributed by atoms with Gasteiger partial charge in [-0.25, -0.2) is 10.2 Å². The van der Waals surface area contributed by atoms with Gasteiger partial charge in [0.05, 0.1) is 23.9 Å². The van der Waals surface area contributed by atoms with E-state index in [0.717, 1.165) is 0 Å². The Morgan fingerprint density at radius 2 is 1.92 bits per heavy atom. The average Bonchev–Trinajstić information content (AvgIpc) is 2.56. The molecule has 0 aliphatic carbocycles. The van der Waals surface area contributed by atoms with Crippen molar-refractivity contribution in [1.29, 1.82) is 0 Å². The Balaban J connectivity index is 2.19. The number of carbonyl (C=O) groups is 2. The smallest absolute Gasteiger partial charge is 0.345 e. The highest BCUT2D eigenvalue weighted by Crippen LogP contribution is 2.29. The van der Waals surface area contributed by atoms with Crippen molar-refractivity contribution < 1.29 is 19.1 Å². The second kappa shape index (κ2) is 8.12. The maximum atomic E-state index is 12.2. The molecule has 124 valence electrons. The molecule has 2 aromatic rings. The number of nitrogens with one attached hydrogen (secondary N) is 1. The summed E-state index contributed by atoms with van der Waals surface area (Å²) in [5.74, 6) is -0.261. The van der Waals surface area contributed by atoms with E-state index >= 15 is 0 Å². The number of benzene rings is 2. The van der Waals surface area contributed by atoms with Crippen LogP contribution in [0.4, 0.5) is 0 Å². The summed E-state index contributed by atoms with van der Waals surface area (Å²) in [6.45, 7) is 1.36. The molecule has 0 aromatic heterocycles. The highest BCUT2D eigenvalue weighted by Gasteiger charge is 2.15. The molecule has 0 heterocycles. The van der Waals surface area contributed by atoms with Crippen molar-refractivity contribution >= 4 is 29.7 Å².